The minimum absolute atomic E-state index is 0.396. The zero-order valence-electron chi connectivity index (χ0n) is 11.8. The molecule has 0 aromatic heterocycles. The van der Waals surface area contributed by atoms with Crippen molar-refractivity contribution in [3.63, 3.8) is 0 Å². The number of nitrogens with zero attached hydrogens (tertiary/aromatic N) is 1. The second-order valence-electron chi connectivity index (χ2n) is 5.20. The number of amides is 3. The Labute approximate surface area is 118 Å². The van der Waals surface area contributed by atoms with E-state index in [0.29, 0.717) is 19.0 Å². The molecule has 7 heteroatoms. The van der Waals surface area contributed by atoms with Gasteiger partial charge in [-0.2, -0.15) is 0 Å². The molecule has 0 spiro atoms. The zero-order valence-corrected chi connectivity index (χ0v) is 11.8. The molecule has 4 N–H and O–H groups in total. The Balaban J connectivity index is 2.55. The van der Waals surface area contributed by atoms with Crippen molar-refractivity contribution in [3.05, 3.63) is 0 Å². The molecule has 1 rings (SSSR count). The molecule has 0 aromatic carbocycles. The van der Waals surface area contributed by atoms with Crippen LogP contribution in [0.4, 0.5) is 4.79 Å². The fraction of sp³-hybridized carbons (Fsp3) is 0.769. The van der Waals surface area contributed by atoms with E-state index in [0.717, 1.165) is 25.7 Å². The van der Waals surface area contributed by atoms with Crippen LogP contribution < -0.4 is 11.1 Å². The molecule has 0 saturated carbocycles. The maximum atomic E-state index is 12.0. The number of hydrogen-bond acceptors (Lipinski definition) is 3. The third-order valence-electron chi connectivity index (χ3n) is 3.71. The number of carboxylic acids is 1. The maximum absolute atomic E-state index is 12.0. The third kappa shape index (κ3) is 5.07. The smallest absolute Gasteiger partial charge is 0.326 e. The first kappa shape index (κ1) is 16.3. The molecule has 1 fully saturated rings. The molecule has 1 saturated heterocycles. The standard InChI is InChI=1S/C13H23N3O4/c1-2-9-4-3-6-16(7-5-9)13(20)15-10(12(18)19)8-11(14)17/h9-10H,2-8H2,1H3,(H2,14,17)(H,15,20)(H,18,19)/t9?,10-/m0/s1. The molecule has 114 valence electrons. The number of primary amides is 1. The number of urea groups is 1. The van der Waals surface area contributed by atoms with Crippen LogP contribution >= 0.6 is 0 Å². The first-order valence-corrected chi connectivity index (χ1v) is 7.00. The molecule has 0 aromatic rings. The van der Waals surface area contributed by atoms with Crippen LogP contribution in [0.15, 0.2) is 0 Å². The zero-order chi connectivity index (χ0) is 15.1. The van der Waals surface area contributed by atoms with Crippen molar-refractivity contribution in [1.82, 2.24) is 10.2 Å². The first-order valence-electron chi connectivity index (χ1n) is 7.00. The predicted molar refractivity (Wildman–Crippen MR) is 73.0 cm³/mol. The van der Waals surface area contributed by atoms with Crippen molar-refractivity contribution in [1.29, 1.82) is 0 Å². The molecule has 1 aliphatic rings. The van der Waals surface area contributed by atoms with Crippen LogP contribution in [-0.2, 0) is 9.59 Å². The van der Waals surface area contributed by atoms with Gasteiger partial charge in [-0.1, -0.05) is 13.3 Å². The van der Waals surface area contributed by atoms with E-state index in [-0.39, 0.29) is 0 Å². The van der Waals surface area contributed by atoms with Crippen LogP contribution in [0.1, 0.15) is 39.0 Å². The summed E-state index contributed by atoms with van der Waals surface area (Å²) in [6.07, 6.45) is 3.63. The van der Waals surface area contributed by atoms with E-state index in [9.17, 15) is 14.4 Å². The highest BCUT2D eigenvalue weighted by atomic mass is 16.4. The molecule has 7 nitrogen and oxygen atoms in total. The van der Waals surface area contributed by atoms with Gasteiger partial charge in [0.25, 0.3) is 0 Å². The van der Waals surface area contributed by atoms with E-state index in [1.807, 2.05) is 0 Å². The number of nitrogens with one attached hydrogen (secondary N) is 1. The van der Waals surface area contributed by atoms with Crippen molar-refractivity contribution in [3.8, 4) is 0 Å². The van der Waals surface area contributed by atoms with Gasteiger partial charge >= 0.3 is 12.0 Å². The van der Waals surface area contributed by atoms with Gasteiger partial charge < -0.3 is 21.1 Å². The van der Waals surface area contributed by atoms with Gasteiger partial charge in [-0.3, -0.25) is 4.79 Å². The second-order valence-corrected chi connectivity index (χ2v) is 5.20. The molecule has 0 radical (unpaired) electrons. The first-order chi connectivity index (χ1) is 9.43. The molecule has 0 bridgehead atoms. The number of nitrogens with two attached hydrogens (primary N) is 1. The van der Waals surface area contributed by atoms with Gasteiger partial charge in [-0.05, 0) is 25.2 Å². The van der Waals surface area contributed by atoms with Crippen molar-refractivity contribution >= 4 is 17.9 Å². The molecule has 20 heavy (non-hydrogen) atoms. The number of carbonyl (C=O) groups is 3. The Bertz CT molecular complexity index is 373. The number of carboxylic acid groups (broad SMARTS) is 1. The average Bonchev–Trinajstić information content (AvgIpc) is 2.62. The SMILES string of the molecule is CCC1CCCN(C(=O)N[C@@H](CC(N)=O)C(=O)O)CC1. The lowest BCUT2D eigenvalue weighted by Gasteiger charge is -2.23. The molecule has 1 unspecified atom stereocenters. The van der Waals surface area contributed by atoms with Gasteiger partial charge in [0.05, 0.1) is 6.42 Å². The van der Waals surface area contributed by atoms with Crippen LogP contribution in [-0.4, -0.2) is 47.0 Å². The number of rotatable bonds is 5. The van der Waals surface area contributed by atoms with Gasteiger partial charge in [-0.25, -0.2) is 9.59 Å². The Morgan fingerprint density at radius 3 is 2.60 bits per heavy atom. The van der Waals surface area contributed by atoms with Crippen molar-refractivity contribution in [2.75, 3.05) is 13.1 Å². The Kier molecular flexibility index (Phi) is 6.27. The number of likely N-dealkylation sites (tertiary alicyclic amines) is 1. The van der Waals surface area contributed by atoms with Gasteiger partial charge in [0, 0.05) is 13.1 Å². The lowest BCUT2D eigenvalue weighted by atomic mass is 9.98. The van der Waals surface area contributed by atoms with Crippen molar-refractivity contribution in [2.45, 2.75) is 45.1 Å². The lowest BCUT2D eigenvalue weighted by molar-refractivity contribution is -0.140. The van der Waals surface area contributed by atoms with E-state index in [2.05, 4.69) is 12.2 Å². The van der Waals surface area contributed by atoms with E-state index in [4.69, 9.17) is 10.8 Å². The van der Waals surface area contributed by atoms with Crippen LogP contribution in [0.2, 0.25) is 0 Å². The summed E-state index contributed by atoms with van der Waals surface area (Å²) in [5, 5.41) is 11.3. The fourth-order valence-electron chi connectivity index (χ4n) is 2.42. The number of hydrogen-bond donors (Lipinski definition) is 3. The normalized spacial score (nSPS) is 20.9. The summed E-state index contributed by atoms with van der Waals surface area (Å²) in [7, 11) is 0. The van der Waals surface area contributed by atoms with Gasteiger partial charge in [-0.15, -0.1) is 0 Å². The summed E-state index contributed by atoms with van der Waals surface area (Å²) in [4.78, 5) is 35.4. The fourth-order valence-corrected chi connectivity index (χ4v) is 2.42. The molecule has 3 amide bonds. The Morgan fingerprint density at radius 2 is 2.05 bits per heavy atom. The monoisotopic (exact) mass is 285 g/mol. The highest BCUT2D eigenvalue weighted by Gasteiger charge is 2.26. The van der Waals surface area contributed by atoms with Gasteiger partial charge in [0.15, 0.2) is 0 Å². The van der Waals surface area contributed by atoms with E-state index in [1.54, 1.807) is 4.90 Å². The average molecular weight is 285 g/mol. The molecule has 1 heterocycles. The molecular formula is C13H23N3O4. The number of carbonyl (C=O) groups excluding carboxylic acids is 2. The summed E-state index contributed by atoms with van der Waals surface area (Å²) in [6.45, 7) is 3.37. The topological polar surface area (TPSA) is 113 Å². The molecule has 1 aliphatic heterocycles. The number of aliphatic carboxylic acids is 1. The second kappa shape index (κ2) is 7.72. The van der Waals surface area contributed by atoms with Crippen LogP contribution in [0.25, 0.3) is 0 Å². The van der Waals surface area contributed by atoms with E-state index < -0.39 is 30.4 Å². The van der Waals surface area contributed by atoms with Crippen molar-refractivity contribution in [2.24, 2.45) is 11.7 Å². The Hall–Kier alpha value is -1.79. The third-order valence-corrected chi connectivity index (χ3v) is 3.71. The quantitative estimate of drug-likeness (QED) is 0.684. The van der Waals surface area contributed by atoms with Crippen LogP contribution in [0.3, 0.4) is 0 Å². The van der Waals surface area contributed by atoms with Gasteiger partial charge in [0.1, 0.15) is 6.04 Å². The lowest BCUT2D eigenvalue weighted by Crippen LogP contribution is -2.49. The summed E-state index contributed by atoms with van der Waals surface area (Å²) in [5.41, 5.74) is 4.98. The predicted octanol–water partition coefficient (Wildman–Crippen LogP) is 0.537. The van der Waals surface area contributed by atoms with Crippen LogP contribution in [0.5, 0.6) is 0 Å². The van der Waals surface area contributed by atoms with Crippen LogP contribution in [0, 0.1) is 5.92 Å². The minimum Gasteiger partial charge on any atom is -0.480 e. The largest absolute Gasteiger partial charge is 0.480 e. The summed E-state index contributed by atoms with van der Waals surface area (Å²) < 4.78 is 0. The Morgan fingerprint density at radius 1 is 1.35 bits per heavy atom. The molecular weight excluding hydrogens is 262 g/mol. The highest BCUT2D eigenvalue weighted by Crippen LogP contribution is 2.20. The molecule has 2 atom stereocenters. The summed E-state index contributed by atoms with van der Waals surface area (Å²) >= 11 is 0. The van der Waals surface area contributed by atoms with E-state index >= 15 is 0 Å². The maximum Gasteiger partial charge on any atom is 0.326 e. The minimum atomic E-state index is -1.26. The highest BCUT2D eigenvalue weighted by molar-refractivity contribution is 5.87. The van der Waals surface area contributed by atoms with E-state index in [1.165, 1.54) is 0 Å². The summed E-state index contributed by atoms with van der Waals surface area (Å²) in [5.74, 6) is -1.38. The van der Waals surface area contributed by atoms with Gasteiger partial charge in [0.2, 0.25) is 5.91 Å². The van der Waals surface area contributed by atoms with Crippen molar-refractivity contribution < 1.29 is 19.5 Å². The summed E-state index contributed by atoms with van der Waals surface area (Å²) in [6, 6.07) is -1.69. The molecule has 0 aliphatic carbocycles.